The first kappa shape index (κ1) is 25.5. The summed E-state index contributed by atoms with van der Waals surface area (Å²) in [6.45, 7) is 2.00. The number of likely N-dealkylation sites (tertiary alicyclic amines) is 1. The molecule has 0 bridgehead atoms. The number of benzene rings is 3. The average molecular weight is 530 g/mol. The van der Waals surface area contributed by atoms with E-state index in [0.29, 0.717) is 52.8 Å². The molecule has 3 aromatic carbocycles. The predicted octanol–water partition coefficient (Wildman–Crippen LogP) is 5.23. The van der Waals surface area contributed by atoms with Gasteiger partial charge in [-0.1, -0.05) is 29.8 Å². The molecular formula is C29H28ClN5O3. The molecule has 3 amide bonds. The van der Waals surface area contributed by atoms with E-state index in [2.05, 4.69) is 5.32 Å². The van der Waals surface area contributed by atoms with Gasteiger partial charge in [-0.15, -0.1) is 0 Å². The number of carbonyl (C=O) groups is 3. The summed E-state index contributed by atoms with van der Waals surface area (Å²) in [7, 11) is 1.73. The third-order valence-corrected chi connectivity index (χ3v) is 7.01. The molecule has 194 valence electrons. The van der Waals surface area contributed by atoms with Crippen molar-refractivity contribution >= 4 is 52.0 Å². The molecule has 1 fully saturated rings. The van der Waals surface area contributed by atoms with Crippen LogP contribution in [0.3, 0.4) is 0 Å². The fraction of sp³-hybridized carbons (Fsp3) is 0.241. The summed E-state index contributed by atoms with van der Waals surface area (Å²) in [4.78, 5) is 46.2. The average Bonchev–Trinajstić information content (AvgIpc) is 3.50. The molecule has 0 radical (unpaired) electrons. The van der Waals surface area contributed by atoms with E-state index in [0.717, 1.165) is 24.9 Å². The second-order valence-corrected chi connectivity index (χ2v) is 9.73. The zero-order valence-electron chi connectivity index (χ0n) is 21.1. The lowest BCUT2D eigenvalue weighted by molar-refractivity contribution is -0.127. The highest BCUT2D eigenvalue weighted by Gasteiger charge is 2.21. The zero-order chi connectivity index (χ0) is 26.6. The van der Waals surface area contributed by atoms with Crippen LogP contribution in [-0.2, 0) is 11.3 Å². The van der Waals surface area contributed by atoms with Crippen molar-refractivity contribution in [2.24, 2.45) is 0 Å². The Bertz CT molecular complexity index is 1480. The van der Waals surface area contributed by atoms with E-state index in [-0.39, 0.29) is 17.7 Å². The molecule has 0 atom stereocenters. The highest BCUT2D eigenvalue weighted by Crippen LogP contribution is 2.27. The number of fused-ring (bicyclic) bond motifs is 1. The van der Waals surface area contributed by atoms with Crippen molar-refractivity contribution in [1.82, 2.24) is 14.5 Å². The van der Waals surface area contributed by atoms with Crippen LogP contribution in [0.15, 0.2) is 72.8 Å². The Morgan fingerprint density at radius 2 is 1.76 bits per heavy atom. The van der Waals surface area contributed by atoms with Crippen LogP contribution in [0.25, 0.3) is 11.0 Å². The molecule has 2 heterocycles. The molecule has 5 rings (SSSR count). The van der Waals surface area contributed by atoms with Crippen molar-refractivity contribution in [3.63, 3.8) is 0 Å². The Kier molecular flexibility index (Phi) is 7.42. The standard InChI is InChI=1S/C29H28ClN5O3/c1-33(28(38)21-7-3-2-4-8-21)23-14-15-25-24(19-23)31-29(32-27(37)20-10-12-22(30)13-11-20)35(25)18-6-17-34-16-5-9-26(34)36/h2-4,7-8,10-15,19H,5-6,9,16-18H2,1H3,(H,31,32,37). The zero-order valence-corrected chi connectivity index (χ0v) is 21.8. The molecule has 1 aliphatic heterocycles. The highest BCUT2D eigenvalue weighted by atomic mass is 35.5. The number of hydrogen-bond donors (Lipinski definition) is 1. The second kappa shape index (κ2) is 11.1. The Morgan fingerprint density at radius 1 is 1.00 bits per heavy atom. The minimum atomic E-state index is -0.301. The molecule has 38 heavy (non-hydrogen) atoms. The van der Waals surface area contributed by atoms with Gasteiger partial charge in [-0.25, -0.2) is 4.98 Å². The van der Waals surface area contributed by atoms with Crippen LogP contribution in [-0.4, -0.2) is 52.3 Å². The topological polar surface area (TPSA) is 87.5 Å². The molecule has 1 aliphatic rings. The van der Waals surface area contributed by atoms with Gasteiger partial charge in [0.1, 0.15) is 0 Å². The van der Waals surface area contributed by atoms with Gasteiger partial charge < -0.3 is 14.4 Å². The first-order valence-electron chi connectivity index (χ1n) is 12.6. The first-order chi connectivity index (χ1) is 18.4. The number of rotatable bonds is 8. The molecule has 1 N–H and O–H groups in total. The smallest absolute Gasteiger partial charge is 0.258 e. The van der Waals surface area contributed by atoms with Crippen molar-refractivity contribution in [2.75, 3.05) is 30.4 Å². The van der Waals surface area contributed by atoms with Crippen molar-refractivity contribution < 1.29 is 14.4 Å². The van der Waals surface area contributed by atoms with Gasteiger partial charge in [-0.05, 0) is 67.4 Å². The quantitative estimate of drug-likeness (QED) is 0.338. The number of hydrogen-bond acceptors (Lipinski definition) is 4. The van der Waals surface area contributed by atoms with E-state index in [4.69, 9.17) is 16.6 Å². The molecule has 0 aliphatic carbocycles. The minimum Gasteiger partial charge on any atom is -0.343 e. The number of imidazole rings is 1. The van der Waals surface area contributed by atoms with Crippen molar-refractivity contribution in [3.8, 4) is 0 Å². The van der Waals surface area contributed by atoms with Gasteiger partial charge in [0.25, 0.3) is 11.8 Å². The largest absolute Gasteiger partial charge is 0.343 e. The maximum atomic E-state index is 13.0. The Morgan fingerprint density at radius 3 is 2.47 bits per heavy atom. The summed E-state index contributed by atoms with van der Waals surface area (Å²) in [6, 6.07) is 21.4. The van der Waals surface area contributed by atoms with Gasteiger partial charge in [-0.2, -0.15) is 0 Å². The summed E-state index contributed by atoms with van der Waals surface area (Å²) < 4.78 is 1.95. The lowest BCUT2D eigenvalue weighted by Gasteiger charge is -2.18. The van der Waals surface area contributed by atoms with Crippen molar-refractivity contribution in [1.29, 1.82) is 0 Å². The molecular weight excluding hydrogens is 502 g/mol. The van der Waals surface area contributed by atoms with E-state index < -0.39 is 0 Å². The summed E-state index contributed by atoms with van der Waals surface area (Å²) in [5.41, 5.74) is 3.22. The molecule has 0 unspecified atom stereocenters. The second-order valence-electron chi connectivity index (χ2n) is 9.29. The molecule has 4 aromatic rings. The van der Waals surface area contributed by atoms with Gasteiger partial charge in [0.05, 0.1) is 11.0 Å². The van der Waals surface area contributed by atoms with E-state index in [1.54, 1.807) is 48.3 Å². The Balaban J connectivity index is 1.43. The van der Waals surface area contributed by atoms with E-state index in [1.165, 1.54) is 0 Å². The van der Waals surface area contributed by atoms with E-state index >= 15 is 0 Å². The number of halogens is 1. The molecule has 1 aromatic heterocycles. The number of nitrogens with zero attached hydrogens (tertiary/aromatic N) is 4. The fourth-order valence-corrected chi connectivity index (χ4v) is 4.80. The van der Waals surface area contributed by atoms with Crippen LogP contribution in [0.1, 0.15) is 40.0 Å². The minimum absolute atomic E-state index is 0.129. The van der Waals surface area contributed by atoms with Gasteiger partial charge in [0, 0.05) is 54.9 Å². The number of anilines is 2. The maximum Gasteiger partial charge on any atom is 0.258 e. The molecule has 0 saturated carbocycles. The van der Waals surface area contributed by atoms with E-state index in [9.17, 15) is 14.4 Å². The third kappa shape index (κ3) is 5.40. The van der Waals surface area contributed by atoms with Gasteiger partial charge in [0.2, 0.25) is 11.9 Å². The first-order valence-corrected chi connectivity index (χ1v) is 13.0. The summed E-state index contributed by atoms with van der Waals surface area (Å²) >= 11 is 5.97. The molecule has 0 spiro atoms. The third-order valence-electron chi connectivity index (χ3n) is 6.76. The fourth-order valence-electron chi connectivity index (χ4n) is 4.68. The predicted molar refractivity (Wildman–Crippen MR) is 149 cm³/mol. The number of aryl methyl sites for hydroxylation is 1. The number of carbonyl (C=O) groups excluding carboxylic acids is 3. The van der Waals surface area contributed by atoms with Crippen LogP contribution in [0, 0.1) is 0 Å². The highest BCUT2D eigenvalue weighted by molar-refractivity contribution is 6.30. The van der Waals surface area contributed by atoms with Gasteiger partial charge >= 0.3 is 0 Å². The van der Waals surface area contributed by atoms with Crippen LogP contribution in [0.2, 0.25) is 5.02 Å². The molecule has 9 heteroatoms. The summed E-state index contributed by atoms with van der Waals surface area (Å²) in [5, 5.41) is 3.48. The SMILES string of the molecule is CN(C(=O)c1ccccc1)c1ccc2c(c1)nc(NC(=O)c1ccc(Cl)cc1)n2CCCN1CCCC1=O. The lowest BCUT2D eigenvalue weighted by Crippen LogP contribution is -2.26. The Labute approximate surface area is 225 Å². The normalized spacial score (nSPS) is 13.2. The number of nitrogens with one attached hydrogen (secondary N) is 1. The van der Waals surface area contributed by atoms with Crippen molar-refractivity contribution in [2.45, 2.75) is 25.8 Å². The van der Waals surface area contributed by atoms with Crippen LogP contribution >= 0.6 is 11.6 Å². The summed E-state index contributed by atoms with van der Waals surface area (Å²) in [5.74, 6) is 0.162. The number of amides is 3. The number of aromatic nitrogens is 2. The van der Waals surface area contributed by atoms with E-state index in [1.807, 2.05) is 45.9 Å². The molecule has 1 saturated heterocycles. The summed E-state index contributed by atoms with van der Waals surface area (Å²) in [6.07, 6.45) is 2.22. The lowest BCUT2D eigenvalue weighted by atomic mass is 10.2. The maximum absolute atomic E-state index is 13.0. The Hall–Kier alpha value is -4.17. The van der Waals surface area contributed by atoms with Gasteiger partial charge in [0.15, 0.2) is 0 Å². The van der Waals surface area contributed by atoms with Crippen molar-refractivity contribution in [3.05, 3.63) is 88.9 Å². The van der Waals surface area contributed by atoms with Crippen LogP contribution in [0.5, 0.6) is 0 Å². The van der Waals surface area contributed by atoms with Crippen LogP contribution in [0.4, 0.5) is 11.6 Å². The van der Waals surface area contributed by atoms with Gasteiger partial charge in [-0.3, -0.25) is 19.7 Å². The van der Waals surface area contributed by atoms with Crippen LogP contribution < -0.4 is 10.2 Å². The monoisotopic (exact) mass is 529 g/mol. The molecule has 8 nitrogen and oxygen atoms in total.